The first-order valence-electron chi connectivity index (χ1n) is 14.0. The molecule has 0 amide bonds. The van der Waals surface area contributed by atoms with Crippen LogP contribution in [0.1, 0.15) is 55.7 Å². The van der Waals surface area contributed by atoms with Gasteiger partial charge in [0, 0.05) is 31.9 Å². The number of ether oxygens (including phenoxy) is 1. The van der Waals surface area contributed by atoms with Crippen molar-refractivity contribution >= 4 is 11.9 Å². The molecule has 2 fully saturated rings. The van der Waals surface area contributed by atoms with Crippen molar-refractivity contribution < 1.29 is 50.9 Å². The molecule has 2 N–H and O–H groups in total. The van der Waals surface area contributed by atoms with Gasteiger partial charge in [0.1, 0.15) is 12.2 Å². The molecule has 1 aliphatic carbocycles. The quantitative estimate of drug-likeness (QED) is 0.371. The van der Waals surface area contributed by atoms with Crippen molar-refractivity contribution in [2.45, 2.75) is 89.6 Å². The van der Waals surface area contributed by atoms with Crippen LogP contribution in [0.3, 0.4) is 0 Å². The smallest absolute Gasteiger partial charge is 0.475 e. The van der Waals surface area contributed by atoms with E-state index in [1.54, 1.807) is 4.57 Å². The minimum atomic E-state index is -5.08. The van der Waals surface area contributed by atoms with Crippen molar-refractivity contribution in [1.29, 1.82) is 0 Å². The number of hydrogen-bond donors (Lipinski definition) is 2. The predicted molar refractivity (Wildman–Crippen MR) is 143 cm³/mol. The van der Waals surface area contributed by atoms with Crippen LogP contribution in [0.5, 0.6) is 0 Å². The van der Waals surface area contributed by atoms with Crippen LogP contribution < -0.4 is 11.1 Å². The summed E-state index contributed by atoms with van der Waals surface area (Å²) in [7, 11) is 0. The van der Waals surface area contributed by atoms with E-state index in [9.17, 15) is 35.9 Å². The van der Waals surface area contributed by atoms with Gasteiger partial charge in [0.25, 0.3) is 0 Å². The molecule has 1 spiro atoms. The maximum absolute atomic E-state index is 12.9. The van der Waals surface area contributed by atoms with E-state index in [0.717, 1.165) is 50.3 Å². The largest absolute Gasteiger partial charge is 0.490 e. The van der Waals surface area contributed by atoms with E-state index in [0.29, 0.717) is 24.8 Å². The lowest BCUT2D eigenvalue weighted by molar-refractivity contribution is -0.193. The molecule has 5 rings (SSSR count). The van der Waals surface area contributed by atoms with Gasteiger partial charge in [-0.2, -0.15) is 31.4 Å². The van der Waals surface area contributed by atoms with Crippen molar-refractivity contribution in [3.8, 4) is 0 Å². The fourth-order valence-corrected chi connectivity index (χ4v) is 5.37. The second-order valence-corrected chi connectivity index (χ2v) is 11.1. The number of hydrogen-bond acceptors (Lipinski definition) is 8. The Morgan fingerprint density at radius 2 is 1.58 bits per heavy atom. The number of carbonyl (C=O) groups is 2. The fraction of sp³-hybridized carbons (Fsp3) is 0.630. The van der Waals surface area contributed by atoms with Gasteiger partial charge in [0.05, 0.1) is 12.2 Å². The van der Waals surface area contributed by atoms with Crippen LogP contribution in [0, 0.1) is 12.8 Å². The van der Waals surface area contributed by atoms with E-state index in [1.807, 2.05) is 25.1 Å². The molecule has 4 heterocycles. The third kappa shape index (κ3) is 10.1. The number of aryl methyl sites for hydroxylation is 1. The van der Waals surface area contributed by atoms with Gasteiger partial charge in [-0.1, -0.05) is 25.3 Å². The maximum atomic E-state index is 12.9. The summed E-state index contributed by atoms with van der Waals surface area (Å²) in [5.41, 5.74) is 0.659. The summed E-state index contributed by atoms with van der Waals surface area (Å²) in [5, 5.41) is 18.8. The lowest BCUT2D eigenvalue weighted by atomic mass is 9.89. The highest BCUT2D eigenvalue weighted by Crippen LogP contribution is 2.32. The Balaban J connectivity index is 0.000000331. The minimum absolute atomic E-state index is 0.275. The maximum Gasteiger partial charge on any atom is 0.490 e. The van der Waals surface area contributed by atoms with E-state index >= 15 is 0 Å². The van der Waals surface area contributed by atoms with Crippen molar-refractivity contribution in [3.63, 3.8) is 0 Å². The lowest BCUT2D eigenvalue weighted by Crippen LogP contribution is -2.53. The second-order valence-electron chi connectivity index (χ2n) is 11.1. The van der Waals surface area contributed by atoms with Crippen LogP contribution >= 0.6 is 0 Å². The fourth-order valence-electron chi connectivity index (χ4n) is 5.37. The number of nitrogens with zero attached hydrogens (tertiary/aromatic N) is 5. The molecule has 0 aromatic carbocycles. The molecule has 3 aliphatic rings. The van der Waals surface area contributed by atoms with Crippen LogP contribution in [-0.2, 0) is 40.6 Å². The van der Waals surface area contributed by atoms with E-state index < -0.39 is 41.0 Å². The number of aromatic nitrogens is 4. The normalized spacial score (nSPS) is 20.4. The molecule has 2 aromatic heterocycles. The van der Waals surface area contributed by atoms with Crippen LogP contribution in [-0.4, -0.2) is 77.4 Å². The number of fused-ring (bicyclic) bond motifs is 1. The molecule has 45 heavy (non-hydrogen) atoms. The van der Waals surface area contributed by atoms with Crippen molar-refractivity contribution in [2.75, 3.05) is 13.1 Å². The Bertz CT molecular complexity index is 1450. The number of halogens is 6. The number of carboxylic acids is 2. The monoisotopic (exact) mass is 653 g/mol. The molecular formula is C27H33F6N5O7. The van der Waals surface area contributed by atoms with Gasteiger partial charge in [-0.15, -0.1) is 0 Å². The SMILES string of the molecule is Cc1cccc(CN2CCC3(C2)Cn2c(nn(CC4CCCCC4)c(=O)c2=O)CO3)n1.O=C(O)C(F)(F)F.O=C(O)C(F)(F)F. The molecule has 12 nitrogen and oxygen atoms in total. The van der Waals surface area contributed by atoms with Gasteiger partial charge >= 0.3 is 35.4 Å². The summed E-state index contributed by atoms with van der Waals surface area (Å²) < 4.78 is 72.7. The average Bonchev–Trinajstić information content (AvgIpc) is 3.33. The van der Waals surface area contributed by atoms with Crippen molar-refractivity contribution in [1.82, 2.24) is 24.2 Å². The average molecular weight is 654 g/mol. The number of carboxylic acid groups (broad SMARTS) is 2. The Labute approximate surface area is 252 Å². The summed E-state index contributed by atoms with van der Waals surface area (Å²) in [6.07, 6.45) is -3.46. The minimum Gasteiger partial charge on any atom is -0.475 e. The van der Waals surface area contributed by atoms with Gasteiger partial charge in [0.15, 0.2) is 5.82 Å². The highest BCUT2D eigenvalue weighted by atomic mass is 19.4. The van der Waals surface area contributed by atoms with Gasteiger partial charge in [0.2, 0.25) is 0 Å². The highest BCUT2D eigenvalue weighted by molar-refractivity contribution is 5.73. The van der Waals surface area contributed by atoms with Crippen LogP contribution in [0.15, 0.2) is 27.8 Å². The zero-order valence-electron chi connectivity index (χ0n) is 24.2. The van der Waals surface area contributed by atoms with Gasteiger partial charge in [-0.05, 0) is 44.2 Å². The summed E-state index contributed by atoms with van der Waals surface area (Å²) in [6.45, 7) is 5.57. The number of rotatable bonds is 4. The molecule has 2 aromatic rings. The number of likely N-dealkylation sites (tertiary alicyclic amines) is 1. The molecular weight excluding hydrogens is 620 g/mol. The number of aliphatic carboxylic acids is 2. The number of pyridine rings is 1. The van der Waals surface area contributed by atoms with Crippen molar-refractivity contribution in [3.05, 3.63) is 56.1 Å². The first-order valence-corrected chi connectivity index (χ1v) is 14.0. The summed E-state index contributed by atoms with van der Waals surface area (Å²) >= 11 is 0. The zero-order chi connectivity index (χ0) is 33.6. The van der Waals surface area contributed by atoms with E-state index in [4.69, 9.17) is 24.5 Å². The number of alkyl halides is 6. The van der Waals surface area contributed by atoms with Gasteiger partial charge in [-0.25, -0.2) is 14.3 Å². The second kappa shape index (κ2) is 14.5. The van der Waals surface area contributed by atoms with E-state index in [-0.39, 0.29) is 6.61 Å². The van der Waals surface area contributed by atoms with Crippen LogP contribution in [0.25, 0.3) is 0 Å². The Morgan fingerprint density at radius 3 is 2.13 bits per heavy atom. The highest BCUT2D eigenvalue weighted by Gasteiger charge is 2.43. The topological polar surface area (TPSA) is 157 Å². The molecule has 0 radical (unpaired) electrons. The standard InChI is InChI=1S/C23H31N5O3.2C2HF3O2/c1-17-6-5-9-19(24-17)13-26-11-10-23(15-26)16-27-20(14-31-23)25-28(22(30)21(27)29)12-18-7-3-2-4-8-18;2*3-2(4,5)1(6)7/h5-6,9,18H,2-4,7-8,10-16H2,1H3;2*(H,6,7). The molecule has 1 saturated carbocycles. The zero-order valence-corrected chi connectivity index (χ0v) is 24.2. The van der Waals surface area contributed by atoms with Crippen molar-refractivity contribution in [2.24, 2.45) is 5.92 Å². The third-order valence-electron chi connectivity index (χ3n) is 7.53. The molecule has 18 heteroatoms. The predicted octanol–water partition coefficient (Wildman–Crippen LogP) is 3.13. The molecule has 1 saturated heterocycles. The van der Waals surface area contributed by atoms with E-state index in [1.165, 1.54) is 23.9 Å². The first kappa shape index (κ1) is 35.7. The molecule has 0 bridgehead atoms. The Morgan fingerprint density at radius 1 is 0.978 bits per heavy atom. The molecule has 1 unspecified atom stereocenters. The summed E-state index contributed by atoms with van der Waals surface area (Å²) in [4.78, 5) is 50.4. The molecule has 250 valence electrons. The third-order valence-corrected chi connectivity index (χ3v) is 7.53. The first-order chi connectivity index (χ1) is 20.9. The Hall–Kier alpha value is -3.80. The van der Waals surface area contributed by atoms with Crippen LogP contribution in [0.4, 0.5) is 26.3 Å². The molecule has 2 aliphatic heterocycles. The summed E-state index contributed by atoms with van der Waals surface area (Å²) in [5.74, 6) is -4.50. The lowest BCUT2D eigenvalue weighted by Gasteiger charge is -2.35. The molecule has 1 atom stereocenters. The van der Waals surface area contributed by atoms with Gasteiger partial charge in [-0.3, -0.25) is 24.0 Å². The summed E-state index contributed by atoms with van der Waals surface area (Å²) in [6, 6.07) is 6.06. The van der Waals surface area contributed by atoms with Gasteiger partial charge < -0.3 is 14.9 Å². The van der Waals surface area contributed by atoms with E-state index in [2.05, 4.69) is 15.0 Å². The van der Waals surface area contributed by atoms with Crippen LogP contribution in [0.2, 0.25) is 0 Å². The Kier molecular flexibility index (Phi) is 11.5.